The Morgan fingerprint density at radius 2 is 1.68 bits per heavy atom. The summed E-state index contributed by atoms with van der Waals surface area (Å²) in [5.74, 6) is -2.10. The van der Waals surface area contributed by atoms with Crippen LogP contribution in [0, 0.1) is 22.7 Å². The van der Waals surface area contributed by atoms with Crippen LogP contribution in [-0.4, -0.2) is 57.4 Å². The Bertz CT molecular complexity index is 1730. The third kappa shape index (κ3) is 5.50. The lowest BCUT2D eigenvalue weighted by Crippen LogP contribution is -2.46. The maximum absolute atomic E-state index is 14.3. The first-order chi connectivity index (χ1) is 19.3. The van der Waals surface area contributed by atoms with E-state index in [2.05, 4.69) is 30.6 Å². The number of nitrogens with zero attached hydrogens (tertiary/aromatic N) is 10. The van der Waals surface area contributed by atoms with Gasteiger partial charge in [0.1, 0.15) is 17.7 Å². The van der Waals surface area contributed by atoms with Gasteiger partial charge >= 0.3 is 12.3 Å². The molecule has 4 aromatic heterocycles. The van der Waals surface area contributed by atoms with Gasteiger partial charge in [-0.3, -0.25) is 9.69 Å². The summed E-state index contributed by atoms with van der Waals surface area (Å²) in [6.45, 7) is 4.54. The number of hydrogen-bond donors (Lipinski definition) is 2. The van der Waals surface area contributed by atoms with Crippen molar-refractivity contribution in [2.45, 2.75) is 32.5 Å². The van der Waals surface area contributed by atoms with Gasteiger partial charge in [0, 0.05) is 5.54 Å². The normalized spacial score (nSPS) is 11.4. The molecule has 4 aromatic rings. The lowest BCUT2D eigenvalue weighted by atomic mass is 10.1. The zero-order valence-corrected chi connectivity index (χ0v) is 21.4. The number of nitriles is 2. The lowest BCUT2D eigenvalue weighted by Gasteiger charge is -2.32. The summed E-state index contributed by atoms with van der Waals surface area (Å²) in [5.41, 5.74) is -3.90. The van der Waals surface area contributed by atoms with E-state index < -0.39 is 46.6 Å². The SMILES string of the molecule is CC(C)(C)N(C(=O)O)c1nc(-n2ncc(C(=O)Nc3cnc(-n4nccn4)c(C#N)c3)c2C(F)(F)F)ccc1C#N. The number of carboxylic acid groups (broad SMARTS) is 1. The lowest BCUT2D eigenvalue weighted by molar-refractivity contribution is -0.143. The number of carbonyl (C=O) groups is 2. The fraction of sp³-hybridized carbons (Fsp3) is 0.208. The summed E-state index contributed by atoms with van der Waals surface area (Å²) >= 11 is 0. The molecule has 0 fully saturated rings. The van der Waals surface area contributed by atoms with Crippen LogP contribution in [0.25, 0.3) is 11.6 Å². The average molecular weight is 565 g/mol. The number of anilines is 2. The van der Waals surface area contributed by atoms with E-state index in [0.717, 1.165) is 28.0 Å². The summed E-state index contributed by atoms with van der Waals surface area (Å²) in [6.07, 6.45) is -2.14. The van der Waals surface area contributed by atoms with Crippen LogP contribution in [0.15, 0.2) is 43.0 Å². The third-order valence-electron chi connectivity index (χ3n) is 5.41. The molecule has 208 valence electrons. The average Bonchev–Trinajstić information content (AvgIpc) is 3.58. The van der Waals surface area contributed by atoms with E-state index in [4.69, 9.17) is 0 Å². The molecule has 0 saturated heterocycles. The van der Waals surface area contributed by atoms with Gasteiger partial charge in [0.05, 0.1) is 41.6 Å². The smallest absolute Gasteiger partial charge is 0.434 e. The van der Waals surface area contributed by atoms with Crippen LogP contribution >= 0.6 is 0 Å². The van der Waals surface area contributed by atoms with Crippen LogP contribution < -0.4 is 10.2 Å². The number of pyridine rings is 2. The molecule has 0 atom stereocenters. The molecule has 4 rings (SSSR count). The van der Waals surface area contributed by atoms with Crippen LogP contribution in [0.2, 0.25) is 0 Å². The molecule has 0 bridgehead atoms. The Morgan fingerprint density at radius 3 is 2.24 bits per heavy atom. The maximum Gasteiger partial charge on any atom is 0.434 e. The van der Waals surface area contributed by atoms with Crippen LogP contribution in [0.5, 0.6) is 0 Å². The second-order valence-corrected chi connectivity index (χ2v) is 9.24. The van der Waals surface area contributed by atoms with Crippen molar-refractivity contribution in [1.82, 2.24) is 34.7 Å². The summed E-state index contributed by atoms with van der Waals surface area (Å²) in [6, 6.07) is 6.96. The Labute approximate surface area is 228 Å². The van der Waals surface area contributed by atoms with E-state index in [1.54, 1.807) is 6.07 Å². The van der Waals surface area contributed by atoms with Gasteiger partial charge in [0.2, 0.25) is 0 Å². The van der Waals surface area contributed by atoms with E-state index in [0.29, 0.717) is 10.9 Å². The summed E-state index contributed by atoms with van der Waals surface area (Å²) in [7, 11) is 0. The standard InChI is InChI=1S/C24H18F3N11O3/c1-23(2,3)36(22(40)41)20-13(9-28)4-5-17(35-20)37-18(24(25,26)27)16(12-33-37)21(39)34-15-8-14(10-29)19(30-11-15)38-31-6-7-32-38/h4-8,11-12H,1-3H3,(H,34,39)(H,40,41). The number of nitrogens with one attached hydrogen (secondary N) is 1. The number of hydrogen-bond acceptors (Lipinski definition) is 9. The van der Waals surface area contributed by atoms with Crippen molar-refractivity contribution in [2.24, 2.45) is 0 Å². The van der Waals surface area contributed by atoms with Gasteiger partial charge in [-0.25, -0.2) is 19.4 Å². The quantitative estimate of drug-likeness (QED) is 0.362. The first-order valence-electron chi connectivity index (χ1n) is 11.4. The first kappa shape index (κ1) is 28.2. The number of alkyl halides is 3. The molecule has 41 heavy (non-hydrogen) atoms. The molecule has 2 N–H and O–H groups in total. The maximum atomic E-state index is 14.3. The molecule has 14 nitrogen and oxygen atoms in total. The van der Waals surface area contributed by atoms with Gasteiger partial charge in [-0.15, -0.1) is 4.80 Å². The zero-order valence-electron chi connectivity index (χ0n) is 21.4. The highest BCUT2D eigenvalue weighted by molar-refractivity contribution is 6.05. The monoisotopic (exact) mass is 565 g/mol. The molecule has 0 spiro atoms. The molecule has 0 aliphatic heterocycles. The van der Waals surface area contributed by atoms with Gasteiger partial charge < -0.3 is 10.4 Å². The second-order valence-electron chi connectivity index (χ2n) is 9.24. The highest BCUT2D eigenvalue weighted by Gasteiger charge is 2.41. The molecule has 2 amide bonds. The van der Waals surface area contributed by atoms with Crippen molar-refractivity contribution in [3.8, 4) is 23.8 Å². The fourth-order valence-electron chi connectivity index (χ4n) is 3.76. The van der Waals surface area contributed by atoms with Gasteiger partial charge in [-0.2, -0.15) is 39.0 Å². The molecule has 0 aromatic carbocycles. The van der Waals surface area contributed by atoms with Crippen molar-refractivity contribution in [3.63, 3.8) is 0 Å². The minimum atomic E-state index is -5.12. The van der Waals surface area contributed by atoms with Crippen LogP contribution in [0.3, 0.4) is 0 Å². The van der Waals surface area contributed by atoms with Crippen LogP contribution in [-0.2, 0) is 6.18 Å². The summed E-state index contributed by atoms with van der Waals surface area (Å²) in [5, 5.41) is 42.4. The van der Waals surface area contributed by atoms with Gasteiger partial charge in [0.25, 0.3) is 5.91 Å². The van der Waals surface area contributed by atoms with E-state index in [9.17, 15) is 38.4 Å². The highest BCUT2D eigenvalue weighted by atomic mass is 19.4. The van der Waals surface area contributed by atoms with Crippen molar-refractivity contribution in [1.29, 1.82) is 10.5 Å². The molecule has 17 heteroatoms. The molecule has 0 aliphatic rings. The van der Waals surface area contributed by atoms with E-state index in [1.807, 2.05) is 6.07 Å². The van der Waals surface area contributed by atoms with E-state index >= 15 is 0 Å². The topological polar surface area (TPSA) is 192 Å². The molecular formula is C24H18F3N11O3. The summed E-state index contributed by atoms with van der Waals surface area (Å²) in [4.78, 5) is 34.8. The van der Waals surface area contributed by atoms with Crippen molar-refractivity contribution in [2.75, 3.05) is 10.2 Å². The molecule has 0 unspecified atom stereocenters. The van der Waals surface area contributed by atoms with E-state index in [1.165, 1.54) is 39.2 Å². The second kappa shape index (κ2) is 10.4. The minimum Gasteiger partial charge on any atom is -0.465 e. The van der Waals surface area contributed by atoms with Crippen molar-refractivity contribution < 1.29 is 27.9 Å². The highest BCUT2D eigenvalue weighted by Crippen LogP contribution is 2.35. The Morgan fingerprint density at radius 1 is 1.02 bits per heavy atom. The fourth-order valence-corrected chi connectivity index (χ4v) is 3.76. The number of aromatic nitrogens is 7. The number of carbonyl (C=O) groups excluding carboxylic acids is 1. The Kier molecular flexibility index (Phi) is 7.13. The number of rotatable bonds is 5. The van der Waals surface area contributed by atoms with Gasteiger partial charge in [-0.05, 0) is 39.0 Å². The zero-order chi connectivity index (χ0) is 30.1. The minimum absolute atomic E-state index is 0.0349. The van der Waals surface area contributed by atoms with Crippen LogP contribution in [0.1, 0.15) is 48.0 Å². The Balaban J connectivity index is 1.77. The molecule has 0 radical (unpaired) electrons. The molecule has 4 heterocycles. The third-order valence-corrected chi connectivity index (χ3v) is 5.41. The van der Waals surface area contributed by atoms with Crippen molar-refractivity contribution in [3.05, 3.63) is 65.4 Å². The Hall–Kier alpha value is -5.84. The van der Waals surface area contributed by atoms with Gasteiger partial charge in [0.15, 0.2) is 23.1 Å². The molecule has 0 aliphatic carbocycles. The largest absolute Gasteiger partial charge is 0.465 e. The first-order valence-corrected chi connectivity index (χ1v) is 11.4. The number of halogens is 3. The molecule has 0 saturated carbocycles. The summed E-state index contributed by atoms with van der Waals surface area (Å²) < 4.78 is 43.2. The van der Waals surface area contributed by atoms with Crippen molar-refractivity contribution >= 4 is 23.5 Å². The predicted molar refractivity (Wildman–Crippen MR) is 133 cm³/mol. The van der Waals surface area contributed by atoms with Crippen LogP contribution in [0.4, 0.5) is 29.5 Å². The predicted octanol–water partition coefficient (Wildman–Crippen LogP) is 3.54. The number of amides is 2. The van der Waals surface area contributed by atoms with Gasteiger partial charge in [-0.1, -0.05) is 0 Å². The van der Waals surface area contributed by atoms with E-state index in [-0.39, 0.29) is 22.6 Å². The molecular weight excluding hydrogens is 547 g/mol.